The second-order valence-electron chi connectivity index (χ2n) is 5.95. The number of rotatable bonds is 6. The fraction of sp³-hybridized carbons (Fsp3) is 0.353. The molecule has 1 unspecified atom stereocenters. The maximum atomic E-state index is 12.5. The predicted molar refractivity (Wildman–Crippen MR) is 100 cm³/mol. The summed E-state index contributed by atoms with van der Waals surface area (Å²) in [7, 11) is -1.05. The molecule has 1 atom stereocenters. The average Bonchev–Trinajstić information content (AvgIpc) is 2.59. The zero-order chi connectivity index (χ0) is 19.5. The van der Waals surface area contributed by atoms with Crippen LogP contribution in [0.5, 0.6) is 0 Å². The molecule has 2 N–H and O–H groups in total. The zero-order valence-electron chi connectivity index (χ0n) is 15.1. The molecule has 0 aliphatic rings. The maximum Gasteiger partial charge on any atom is 0.252 e. The number of carbonyl (C=O) groups excluding carboxylic acids is 2. The van der Waals surface area contributed by atoms with E-state index in [1.807, 2.05) is 0 Å². The van der Waals surface area contributed by atoms with Crippen LogP contribution in [0.1, 0.15) is 24.2 Å². The first-order valence-electron chi connectivity index (χ1n) is 8.08. The van der Waals surface area contributed by atoms with Crippen molar-refractivity contribution in [3.05, 3.63) is 35.9 Å². The molecule has 1 aromatic carbocycles. The van der Waals surface area contributed by atoms with Crippen LogP contribution in [0.25, 0.3) is 10.9 Å². The molecule has 0 aliphatic heterocycles. The molecule has 140 valence electrons. The topological polar surface area (TPSA) is 108 Å². The Morgan fingerprint density at radius 2 is 1.88 bits per heavy atom. The van der Waals surface area contributed by atoms with Gasteiger partial charge in [0.1, 0.15) is 5.82 Å². The molecule has 8 nitrogen and oxygen atoms in total. The van der Waals surface area contributed by atoms with Crippen LogP contribution in [0.15, 0.2) is 30.3 Å². The van der Waals surface area contributed by atoms with Gasteiger partial charge in [0.25, 0.3) is 5.91 Å². The molecule has 1 aromatic heterocycles. The summed E-state index contributed by atoms with van der Waals surface area (Å²) in [5.41, 5.74) is 0.780. The van der Waals surface area contributed by atoms with Crippen LogP contribution < -0.4 is 10.0 Å². The number of fused-ring (bicyclic) bond motifs is 1. The van der Waals surface area contributed by atoms with Gasteiger partial charge in [-0.15, -0.1) is 0 Å². The molecule has 9 heteroatoms. The Labute approximate surface area is 152 Å². The van der Waals surface area contributed by atoms with E-state index < -0.39 is 21.2 Å². The normalized spacial score (nSPS) is 12.5. The number of amides is 2. The first-order valence-corrected chi connectivity index (χ1v) is 9.62. The first kappa shape index (κ1) is 19.6. The maximum absolute atomic E-state index is 12.5. The van der Waals surface area contributed by atoms with Crippen molar-refractivity contribution in [2.75, 3.05) is 25.4 Å². The molecule has 2 aromatic rings. The van der Waals surface area contributed by atoms with E-state index in [2.05, 4.69) is 15.0 Å². The summed E-state index contributed by atoms with van der Waals surface area (Å²) in [6, 6.07) is 8.31. The molecule has 0 aliphatic carbocycles. The lowest BCUT2D eigenvalue weighted by Crippen LogP contribution is -2.40. The number of pyridine rings is 1. The van der Waals surface area contributed by atoms with Crippen molar-refractivity contribution in [1.82, 2.24) is 15.2 Å². The molecule has 0 radical (unpaired) electrons. The van der Waals surface area contributed by atoms with Gasteiger partial charge in [0.15, 0.2) is 5.25 Å². The number of hydrogen-bond acceptors (Lipinski definition) is 5. The molecule has 2 amide bonds. The number of anilines is 1. The van der Waals surface area contributed by atoms with Crippen LogP contribution in [-0.2, 0) is 14.8 Å². The van der Waals surface area contributed by atoms with Crippen LogP contribution >= 0.6 is 0 Å². The highest BCUT2D eigenvalue weighted by Gasteiger charge is 2.30. The molecule has 0 saturated carbocycles. The van der Waals surface area contributed by atoms with E-state index in [0.29, 0.717) is 23.0 Å². The molecule has 0 fully saturated rings. The molecule has 0 spiro atoms. The van der Waals surface area contributed by atoms with Gasteiger partial charge < -0.3 is 10.2 Å². The minimum atomic E-state index is -4.02. The van der Waals surface area contributed by atoms with E-state index in [0.717, 1.165) is 0 Å². The lowest BCUT2D eigenvalue weighted by atomic mass is 10.1. The lowest BCUT2D eigenvalue weighted by Gasteiger charge is -2.18. The molecule has 0 bridgehead atoms. The second kappa shape index (κ2) is 7.69. The molecular weight excluding hydrogens is 356 g/mol. The Hall–Kier alpha value is -2.68. The summed E-state index contributed by atoms with van der Waals surface area (Å²) in [5, 5.41) is 2.01. The third-order valence-electron chi connectivity index (χ3n) is 3.80. The summed E-state index contributed by atoms with van der Waals surface area (Å²) in [6.45, 7) is 3.53. The van der Waals surface area contributed by atoms with E-state index >= 15 is 0 Å². The van der Waals surface area contributed by atoms with E-state index in [9.17, 15) is 18.0 Å². The van der Waals surface area contributed by atoms with Gasteiger partial charge in [0.2, 0.25) is 15.9 Å². The van der Waals surface area contributed by atoms with Crippen LogP contribution in [0.2, 0.25) is 0 Å². The van der Waals surface area contributed by atoms with Gasteiger partial charge in [-0.1, -0.05) is 18.2 Å². The number of aromatic nitrogens is 1. The highest BCUT2D eigenvalue weighted by Crippen LogP contribution is 2.22. The summed E-state index contributed by atoms with van der Waals surface area (Å²) in [5.74, 6) is -0.894. The molecule has 26 heavy (non-hydrogen) atoms. The second-order valence-corrected chi connectivity index (χ2v) is 7.95. The SMILES string of the molecule is CCNC(=O)c1cc(NS(=O)(=O)C(C)C(=O)N(C)C)nc2ccccc12. The van der Waals surface area contributed by atoms with Gasteiger partial charge in [-0.3, -0.25) is 14.3 Å². The van der Waals surface area contributed by atoms with Crippen molar-refractivity contribution in [1.29, 1.82) is 0 Å². The number of nitrogens with one attached hydrogen (secondary N) is 2. The van der Waals surface area contributed by atoms with Crippen molar-refractivity contribution < 1.29 is 18.0 Å². The van der Waals surface area contributed by atoms with Crippen molar-refractivity contribution in [3.63, 3.8) is 0 Å². The van der Waals surface area contributed by atoms with Gasteiger partial charge in [0.05, 0.1) is 11.1 Å². The fourth-order valence-electron chi connectivity index (χ4n) is 2.40. The number of nitrogens with zero attached hydrogens (tertiary/aromatic N) is 2. The summed E-state index contributed by atoms with van der Waals surface area (Å²) < 4.78 is 27.3. The van der Waals surface area contributed by atoms with Crippen LogP contribution in [-0.4, -0.2) is 56.0 Å². The van der Waals surface area contributed by atoms with Gasteiger partial charge in [-0.2, -0.15) is 0 Å². The quantitative estimate of drug-likeness (QED) is 0.785. The minimum Gasteiger partial charge on any atom is -0.352 e. The Kier molecular flexibility index (Phi) is 5.81. The van der Waals surface area contributed by atoms with E-state index in [4.69, 9.17) is 0 Å². The first-order chi connectivity index (χ1) is 12.2. The van der Waals surface area contributed by atoms with Crippen molar-refractivity contribution in [2.24, 2.45) is 0 Å². The predicted octanol–water partition coefficient (Wildman–Crippen LogP) is 1.20. The monoisotopic (exact) mass is 378 g/mol. The largest absolute Gasteiger partial charge is 0.352 e. The van der Waals surface area contributed by atoms with Crippen molar-refractivity contribution >= 4 is 38.6 Å². The molecule has 0 saturated heterocycles. The van der Waals surface area contributed by atoms with E-state index in [1.54, 1.807) is 31.2 Å². The van der Waals surface area contributed by atoms with Crippen LogP contribution in [0.3, 0.4) is 0 Å². The average molecular weight is 378 g/mol. The van der Waals surface area contributed by atoms with Gasteiger partial charge >= 0.3 is 0 Å². The standard InChI is InChI=1S/C17H22N4O4S/c1-5-18-16(22)13-10-15(19-14-9-7-6-8-12(13)14)20-26(24,25)11(2)17(23)21(3)4/h6-11H,5H2,1-4H3,(H,18,22)(H,19,20). The lowest BCUT2D eigenvalue weighted by molar-refractivity contribution is -0.127. The summed E-state index contributed by atoms with van der Waals surface area (Å²) in [6.07, 6.45) is 0. The molecule has 1 heterocycles. The third-order valence-corrected chi connectivity index (χ3v) is 5.43. The zero-order valence-corrected chi connectivity index (χ0v) is 15.9. The Morgan fingerprint density at radius 1 is 1.23 bits per heavy atom. The number of hydrogen-bond donors (Lipinski definition) is 2. The smallest absolute Gasteiger partial charge is 0.252 e. The van der Waals surface area contributed by atoms with Crippen LogP contribution in [0.4, 0.5) is 5.82 Å². The highest BCUT2D eigenvalue weighted by molar-refractivity contribution is 7.94. The number of sulfonamides is 1. The number of carbonyl (C=O) groups is 2. The van der Waals surface area contributed by atoms with Crippen molar-refractivity contribution in [3.8, 4) is 0 Å². The van der Waals surface area contributed by atoms with Crippen LogP contribution in [0, 0.1) is 0 Å². The Morgan fingerprint density at radius 3 is 2.50 bits per heavy atom. The van der Waals surface area contributed by atoms with Crippen molar-refractivity contribution in [2.45, 2.75) is 19.1 Å². The number of benzene rings is 1. The molecular formula is C17H22N4O4S. The van der Waals surface area contributed by atoms with Gasteiger partial charge in [0, 0.05) is 26.0 Å². The van der Waals surface area contributed by atoms with Gasteiger partial charge in [-0.05, 0) is 26.0 Å². The highest BCUT2D eigenvalue weighted by atomic mass is 32.2. The van der Waals surface area contributed by atoms with E-state index in [1.165, 1.54) is 32.0 Å². The van der Waals surface area contributed by atoms with Gasteiger partial charge in [-0.25, -0.2) is 13.4 Å². The third kappa shape index (κ3) is 4.10. The molecule has 2 rings (SSSR count). The number of para-hydroxylation sites is 1. The summed E-state index contributed by atoms with van der Waals surface area (Å²) >= 11 is 0. The Balaban J connectivity index is 2.47. The Bertz CT molecular complexity index is 941. The fourth-order valence-corrected chi connectivity index (χ4v) is 3.45. The van der Waals surface area contributed by atoms with E-state index in [-0.39, 0.29) is 11.7 Å². The minimum absolute atomic E-state index is 0.0108. The summed E-state index contributed by atoms with van der Waals surface area (Å²) in [4.78, 5) is 29.8.